The van der Waals surface area contributed by atoms with E-state index in [4.69, 9.17) is 11.6 Å². The molecule has 2 rings (SSSR count). The Balaban J connectivity index is 1.92. The summed E-state index contributed by atoms with van der Waals surface area (Å²) in [4.78, 5) is 0.735. The third-order valence-corrected chi connectivity index (χ3v) is 5.18. The maximum absolute atomic E-state index is 11.9. The number of rotatable bonds is 6. The summed E-state index contributed by atoms with van der Waals surface area (Å²) in [7, 11) is -3.48. The van der Waals surface area contributed by atoms with Crippen LogP contribution in [0.15, 0.2) is 41.8 Å². The summed E-state index contributed by atoms with van der Waals surface area (Å²) in [6.45, 7) is -0.0313. The first-order valence-electron chi connectivity index (χ1n) is 5.89. The summed E-state index contributed by atoms with van der Waals surface area (Å²) in [5.74, 6) is -0.138. The Bertz CT molecular complexity index is 639. The number of sulfonamides is 1. The third-order valence-electron chi connectivity index (χ3n) is 2.64. The van der Waals surface area contributed by atoms with Gasteiger partial charge < -0.3 is 5.11 Å². The van der Waals surface area contributed by atoms with Crippen LogP contribution in [0.5, 0.6) is 0 Å². The van der Waals surface area contributed by atoms with Crippen LogP contribution >= 0.6 is 22.9 Å². The van der Waals surface area contributed by atoms with Crippen molar-refractivity contribution in [1.29, 1.82) is 0 Å². The molecular weight excluding hydrogens is 318 g/mol. The van der Waals surface area contributed by atoms with Gasteiger partial charge >= 0.3 is 0 Å². The van der Waals surface area contributed by atoms with E-state index < -0.39 is 16.1 Å². The Morgan fingerprint density at radius 2 is 1.95 bits per heavy atom. The minimum Gasteiger partial charge on any atom is -0.386 e. The average molecular weight is 332 g/mol. The quantitative estimate of drug-likeness (QED) is 0.855. The zero-order valence-electron chi connectivity index (χ0n) is 10.5. The van der Waals surface area contributed by atoms with Crippen LogP contribution in [0, 0.1) is 0 Å². The smallest absolute Gasteiger partial charge is 0.215 e. The van der Waals surface area contributed by atoms with E-state index >= 15 is 0 Å². The minimum absolute atomic E-state index is 0.0313. The first-order valence-corrected chi connectivity index (χ1v) is 8.80. The molecular formula is C13H14ClNO3S2. The molecule has 0 aliphatic carbocycles. The van der Waals surface area contributed by atoms with Gasteiger partial charge in [-0.25, -0.2) is 13.1 Å². The normalized spacial score (nSPS) is 13.3. The van der Waals surface area contributed by atoms with Gasteiger partial charge in [0.05, 0.1) is 5.75 Å². The van der Waals surface area contributed by atoms with E-state index in [9.17, 15) is 13.5 Å². The fourth-order valence-electron chi connectivity index (χ4n) is 1.64. The van der Waals surface area contributed by atoms with E-state index in [0.29, 0.717) is 10.6 Å². The highest BCUT2D eigenvalue weighted by molar-refractivity contribution is 7.88. The molecule has 7 heteroatoms. The maximum Gasteiger partial charge on any atom is 0.215 e. The molecule has 1 unspecified atom stereocenters. The molecule has 1 aromatic heterocycles. The van der Waals surface area contributed by atoms with Crippen molar-refractivity contribution in [2.75, 3.05) is 6.54 Å². The summed E-state index contributed by atoms with van der Waals surface area (Å²) in [6.07, 6.45) is -0.824. The second kappa shape index (κ2) is 6.69. The largest absolute Gasteiger partial charge is 0.386 e. The lowest BCUT2D eigenvalue weighted by Gasteiger charge is -2.11. The number of aliphatic hydroxyl groups excluding tert-OH is 1. The molecule has 1 aromatic carbocycles. The topological polar surface area (TPSA) is 66.4 Å². The second-order valence-electron chi connectivity index (χ2n) is 4.27. The van der Waals surface area contributed by atoms with E-state index in [1.165, 1.54) is 11.3 Å². The molecule has 2 aromatic rings. The maximum atomic E-state index is 11.9. The molecule has 0 amide bonds. The van der Waals surface area contributed by atoms with Crippen LogP contribution < -0.4 is 4.72 Å². The van der Waals surface area contributed by atoms with Crippen molar-refractivity contribution in [3.8, 4) is 0 Å². The van der Waals surface area contributed by atoms with E-state index in [1.54, 1.807) is 30.3 Å². The lowest BCUT2D eigenvalue weighted by Crippen LogP contribution is -2.29. The number of halogens is 1. The van der Waals surface area contributed by atoms with Crippen molar-refractivity contribution in [3.63, 3.8) is 0 Å². The van der Waals surface area contributed by atoms with Gasteiger partial charge in [0.2, 0.25) is 10.0 Å². The van der Waals surface area contributed by atoms with Crippen LogP contribution in [-0.4, -0.2) is 20.1 Å². The molecule has 108 valence electrons. The number of benzene rings is 1. The average Bonchev–Trinajstić information content (AvgIpc) is 2.93. The van der Waals surface area contributed by atoms with Gasteiger partial charge in [-0.3, -0.25) is 0 Å². The Hall–Kier alpha value is -0.920. The van der Waals surface area contributed by atoms with Crippen molar-refractivity contribution in [3.05, 3.63) is 57.2 Å². The van der Waals surface area contributed by atoms with Crippen molar-refractivity contribution < 1.29 is 13.5 Å². The number of aliphatic hydroxyl groups is 1. The van der Waals surface area contributed by atoms with Crippen LogP contribution in [0.2, 0.25) is 5.02 Å². The fourth-order valence-corrected chi connectivity index (χ4v) is 3.62. The highest BCUT2D eigenvalue weighted by atomic mass is 35.5. The summed E-state index contributed by atoms with van der Waals surface area (Å²) in [5.41, 5.74) is 0.646. The van der Waals surface area contributed by atoms with Crippen LogP contribution in [0.1, 0.15) is 16.5 Å². The Morgan fingerprint density at radius 3 is 2.55 bits per heavy atom. The van der Waals surface area contributed by atoms with Gasteiger partial charge in [0.1, 0.15) is 6.10 Å². The first-order chi connectivity index (χ1) is 9.46. The number of nitrogens with one attached hydrogen (secondary N) is 1. The lowest BCUT2D eigenvalue weighted by atomic mass is 10.2. The van der Waals surface area contributed by atoms with Crippen LogP contribution in [-0.2, 0) is 15.8 Å². The summed E-state index contributed by atoms with van der Waals surface area (Å²) in [5, 5.41) is 12.2. The standard InChI is InChI=1S/C13H14ClNO3S2/c14-11-5-3-10(4-6-11)9-20(17,18)15-8-12(16)13-2-1-7-19-13/h1-7,12,15-16H,8-9H2. The van der Waals surface area contributed by atoms with Crippen molar-refractivity contribution in [1.82, 2.24) is 4.72 Å². The molecule has 2 N–H and O–H groups in total. The number of hydrogen-bond acceptors (Lipinski definition) is 4. The summed E-state index contributed by atoms with van der Waals surface area (Å²) in [6, 6.07) is 10.2. The Morgan fingerprint density at radius 1 is 1.25 bits per heavy atom. The highest BCUT2D eigenvalue weighted by Gasteiger charge is 2.15. The van der Waals surface area contributed by atoms with Crippen molar-refractivity contribution in [2.45, 2.75) is 11.9 Å². The van der Waals surface area contributed by atoms with Gasteiger partial charge in [-0.1, -0.05) is 29.8 Å². The molecule has 0 aliphatic rings. The summed E-state index contributed by atoms with van der Waals surface area (Å²) < 4.78 is 26.2. The Labute approximate surface area is 127 Å². The predicted molar refractivity (Wildman–Crippen MR) is 81.4 cm³/mol. The number of thiophene rings is 1. The predicted octanol–water partition coefficient (Wildman–Crippen LogP) is 2.55. The van der Waals surface area contributed by atoms with E-state index in [2.05, 4.69) is 4.72 Å². The van der Waals surface area contributed by atoms with E-state index in [1.807, 2.05) is 11.4 Å². The molecule has 0 fully saturated rings. The Kier molecular flexibility index (Phi) is 5.17. The van der Waals surface area contributed by atoms with E-state index in [-0.39, 0.29) is 12.3 Å². The fraction of sp³-hybridized carbons (Fsp3) is 0.231. The molecule has 20 heavy (non-hydrogen) atoms. The van der Waals surface area contributed by atoms with E-state index in [0.717, 1.165) is 4.88 Å². The lowest BCUT2D eigenvalue weighted by molar-refractivity contribution is 0.185. The molecule has 0 saturated heterocycles. The molecule has 0 radical (unpaired) electrons. The minimum atomic E-state index is -3.48. The van der Waals surface area contributed by atoms with Gasteiger partial charge in [0.15, 0.2) is 0 Å². The van der Waals surface area contributed by atoms with Gasteiger partial charge in [-0.15, -0.1) is 11.3 Å². The van der Waals surface area contributed by atoms with Gasteiger partial charge in [0.25, 0.3) is 0 Å². The molecule has 0 bridgehead atoms. The molecule has 1 heterocycles. The zero-order valence-corrected chi connectivity index (χ0v) is 12.9. The molecule has 0 aliphatic heterocycles. The molecule has 4 nitrogen and oxygen atoms in total. The zero-order chi connectivity index (χ0) is 14.6. The SMILES string of the molecule is O=S(=O)(Cc1ccc(Cl)cc1)NCC(O)c1cccs1. The van der Waals surface area contributed by atoms with Gasteiger partial charge in [0, 0.05) is 16.4 Å². The highest BCUT2D eigenvalue weighted by Crippen LogP contribution is 2.18. The first kappa shape index (κ1) is 15.5. The molecule has 0 spiro atoms. The van der Waals surface area contributed by atoms with Gasteiger partial charge in [-0.2, -0.15) is 0 Å². The van der Waals surface area contributed by atoms with Crippen LogP contribution in [0.4, 0.5) is 0 Å². The molecule has 1 atom stereocenters. The van der Waals surface area contributed by atoms with Gasteiger partial charge in [-0.05, 0) is 29.1 Å². The third kappa shape index (κ3) is 4.57. The van der Waals surface area contributed by atoms with Crippen molar-refractivity contribution >= 4 is 33.0 Å². The summed E-state index contributed by atoms with van der Waals surface area (Å²) >= 11 is 7.13. The van der Waals surface area contributed by atoms with Crippen LogP contribution in [0.3, 0.4) is 0 Å². The van der Waals surface area contributed by atoms with Crippen molar-refractivity contribution in [2.24, 2.45) is 0 Å². The monoisotopic (exact) mass is 331 g/mol. The number of hydrogen-bond donors (Lipinski definition) is 2. The second-order valence-corrected chi connectivity index (χ2v) is 7.49. The van der Waals surface area contributed by atoms with Crippen LogP contribution in [0.25, 0.3) is 0 Å². The molecule has 0 saturated carbocycles.